The Morgan fingerprint density at radius 3 is 2.23 bits per heavy atom. The Morgan fingerprint density at radius 1 is 0.943 bits per heavy atom. The van der Waals surface area contributed by atoms with Crippen molar-refractivity contribution in [1.82, 2.24) is 10.6 Å². The highest BCUT2D eigenvalue weighted by atomic mass is 16.5. The van der Waals surface area contributed by atoms with E-state index in [2.05, 4.69) is 10.6 Å². The molecule has 9 nitrogen and oxygen atoms in total. The molecule has 0 fully saturated rings. The molecule has 2 aromatic rings. The van der Waals surface area contributed by atoms with E-state index in [4.69, 9.17) is 14.2 Å². The largest absolute Gasteiger partial charge is 0.481 e. The number of benzene rings is 2. The first kappa shape index (κ1) is 26.2. The first-order chi connectivity index (χ1) is 17.0. The molecule has 1 aliphatic rings. The third-order valence-electron chi connectivity index (χ3n) is 5.78. The average Bonchev–Trinajstić information content (AvgIpc) is 3.17. The van der Waals surface area contributed by atoms with E-state index in [1.807, 2.05) is 48.5 Å². The summed E-state index contributed by atoms with van der Waals surface area (Å²) in [5.41, 5.74) is 4.33. The van der Waals surface area contributed by atoms with Crippen LogP contribution in [-0.4, -0.2) is 69.2 Å². The maximum Gasteiger partial charge on any atom is 0.407 e. The van der Waals surface area contributed by atoms with Gasteiger partial charge in [0.2, 0.25) is 5.91 Å². The number of aliphatic carboxylic acids is 1. The van der Waals surface area contributed by atoms with Gasteiger partial charge >= 0.3 is 12.1 Å². The van der Waals surface area contributed by atoms with Crippen LogP contribution in [0.3, 0.4) is 0 Å². The van der Waals surface area contributed by atoms with Gasteiger partial charge in [0, 0.05) is 26.2 Å². The highest BCUT2D eigenvalue weighted by Crippen LogP contribution is 2.44. The monoisotopic (exact) mass is 484 g/mol. The zero-order valence-electron chi connectivity index (χ0n) is 19.8. The van der Waals surface area contributed by atoms with Crippen molar-refractivity contribution in [2.45, 2.75) is 31.2 Å². The Morgan fingerprint density at radius 2 is 1.60 bits per heavy atom. The summed E-state index contributed by atoms with van der Waals surface area (Å²) in [6.07, 6.45) is 0.00678. The lowest BCUT2D eigenvalue weighted by molar-refractivity contribution is -0.139. The van der Waals surface area contributed by atoms with Gasteiger partial charge < -0.3 is 30.0 Å². The summed E-state index contributed by atoms with van der Waals surface area (Å²) in [5, 5.41) is 14.2. The molecule has 1 unspecified atom stereocenters. The van der Waals surface area contributed by atoms with E-state index in [-0.39, 0.29) is 12.5 Å². The second kappa shape index (κ2) is 13.5. The molecule has 3 rings (SSSR count). The third kappa shape index (κ3) is 7.53. The Bertz CT molecular complexity index is 965. The van der Waals surface area contributed by atoms with Crippen molar-refractivity contribution in [2.24, 2.45) is 0 Å². The molecule has 0 bridgehead atoms. The first-order valence-electron chi connectivity index (χ1n) is 11.7. The lowest BCUT2D eigenvalue weighted by atomic mass is 9.98. The van der Waals surface area contributed by atoms with Gasteiger partial charge in [-0.25, -0.2) is 4.79 Å². The van der Waals surface area contributed by atoms with Gasteiger partial charge in [-0.05, 0) is 35.1 Å². The number of carboxylic acid groups (broad SMARTS) is 1. The Labute approximate surface area is 204 Å². The molecule has 0 radical (unpaired) electrons. The van der Waals surface area contributed by atoms with Crippen molar-refractivity contribution >= 4 is 18.0 Å². The maximum absolute atomic E-state index is 12.5. The fourth-order valence-electron chi connectivity index (χ4n) is 4.07. The van der Waals surface area contributed by atoms with Gasteiger partial charge in [0.15, 0.2) is 0 Å². The number of methoxy groups -OCH3 is 1. The number of carboxylic acids is 1. The maximum atomic E-state index is 12.5. The van der Waals surface area contributed by atoms with Crippen molar-refractivity contribution in [3.63, 3.8) is 0 Å². The number of hydrogen-bond donors (Lipinski definition) is 3. The van der Waals surface area contributed by atoms with Gasteiger partial charge in [0.25, 0.3) is 0 Å². The summed E-state index contributed by atoms with van der Waals surface area (Å²) >= 11 is 0. The second-order valence-corrected chi connectivity index (χ2v) is 8.22. The van der Waals surface area contributed by atoms with Gasteiger partial charge in [-0.15, -0.1) is 0 Å². The van der Waals surface area contributed by atoms with Crippen LogP contribution in [0.2, 0.25) is 0 Å². The van der Waals surface area contributed by atoms with Crippen molar-refractivity contribution < 1.29 is 33.7 Å². The topological polar surface area (TPSA) is 123 Å². The number of nitrogens with one attached hydrogen (secondary N) is 2. The number of rotatable bonds is 14. The van der Waals surface area contributed by atoms with E-state index >= 15 is 0 Å². The quantitative estimate of drug-likeness (QED) is 0.352. The summed E-state index contributed by atoms with van der Waals surface area (Å²) in [5.74, 6) is -1.90. The van der Waals surface area contributed by atoms with Crippen molar-refractivity contribution in [3.05, 3.63) is 59.7 Å². The first-order valence-corrected chi connectivity index (χ1v) is 11.7. The third-order valence-corrected chi connectivity index (χ3v) is 5.78. The van der Waals surface area contributed by atoms with Gasteiger partial charge in [-0.2, -0.15) is 0 Å². The summed E-state index contributed by atoms with van der Waals surface area (Å²) in [6.45, 7) is 1.98. The molecule has 0 saturated heterocycles. The normalized spacial score (nSPS) is 12.9. The molecule has 35 heavy (non-hydrogen) atoms. The zero-order valence-corrected chi connectivity index (χ0v) is 19.8. The van der Waals surface area contributed by atoms with Gasteiger partial charge in [-0.3, -0.25) is 9.59 Å². The van der Waals surface area contributed by atoms with Crippen molar-refractivity contribution in [3.8, 4) is 11.1 Å². The summed E-state index contributed by atoms with van der Waals surface area (Å²) in [7, 11) is 1.60. The number of unbranched alkanes of at least 4 members (excludes halogenated alkanes) is 1. The molecular weight excluding hydrogens is 452 g/mol. The number of alkyl carbamates (subject to hydrolysis) is 1. The molecular formula is C26H32N2O7. The van der Waals surface area contributed by atoms with Gasteiger partial charge in [-0.1, -0.05) is 48.5 Å². The average molecular weight is 485 g/mol. The zero-order chi connectivity index (χ0) is 25.0. The summed E-state index contributed by atoms with van der Waals surface area (Å²) in [6, 6.07) is 14.7. The molecule has 2 aromatic carbocycles. The van der Waals surface area contributed by atoms with E-state index in [1.54, 1.807) is 7.11 Å². The number of carbonyl (C=O) groups excluding carboxylic acids is 2. The van der Waals surface area contributed by atoms with Crippen molar-refractivity contribution in [1.29, 1.82) is 0 Å². The molecule has 1 aliphatic carbocycles. The molecule has 0 heterocycles. The Balaban J connectivity index is 1.49. The SMILES string of the molecule is COCCOCCCCNC(=O)C(CC(=O)O)NC(=O)OCC1c2ccccc2-c2ccccc21. The smallest absolute Gasteiger partial charge is 0.407 e. The number of carbonyl (C=O) groups is 3. The van der Waals surface area contributed by atoms with Gasteiger partial charge in [0.05, 0.1) is 19.6 Å². The highest BCUT2D eigenvalue weighted by Gasteiger charge is 2.30. The van der Waals surface area contributed by atoms with Crippen LogP contribution >= 0.6 is 0 Å². The molecule has 188 valence electrons. The molecule has 2 amide bonds. The Hall–Kier alpha value is -3.43. The van der Waals surface area contributed by atoms with Crippen LogP contribution in [0, 0.1) is 0 Å². The minimum absolute atomic E-state index is 0.0738. The molecule has 1 atom stereocenters. The van der Waals surface area contributed by atoms with Crippen LogP contribution < -0.4 is 10.6 Å². The molecule has 3 N–H and O–H groups in total. The Kier molecular flexibility index (Phi) is 10.1. The van der Waals surface area contributed by atoms with E-state index < -0.39 is 30.4 Å². The lowest BCUT2D eigenvalue weighted by Crippen LogP contribution is -2.48. The highest BCUT2D eigenvalue weighted by molar-refractivity contribution is 5.89. The number of ether oxygens (including phenoxy) is 3. The predicted molar refractivity (Wildman–Crippen MR) is 129 cm³/mol. The lowest BCUT2D eigenvalue weighted by Gasteiger charge is -2.18. The number of amides is 2. The van der Waals surface area contributed by atoms with Crippen LogP contribution in [0.25, 0.3) is 11.1 Å². The summed E-state index contributed by atoms with van der Waals surface area (Å²) in [4.78, 5) is 36.2. The fourth-order valence-corrected chi connectivity index (χ4v) is 4.07. The standard InChI is InChI=1S/C26H32N2O7/c1-33-14-15-34-13-7-6-12-27-25(31)23(16-24(29)30)28-26(32)35-17-22-20-10-4-2-8-18(20)19-9-3-5-11-21(19)22/h2-5,8-11,22-23H,6-7,12-17H2,1H3,(H,27,31)(H,28,32)(H,29,30). The number of fused-ring (bicyclic) bond motifs is 3. The van der Waals surface area contributed by atoms with E-state index in [9.17, 15) is 19.5 Å². The predicted octanol–water partition coefficient (Wildman–Crippen LogP) is 2.93. The van der Waals surface area contributed by atoms with Crippen LogP contribution in [0.1, 0.15) is 36.3 Å². The van der Waals surface area contributed by atoms with E-state index in [0.29, 0.717) is 32.8 Å². The van der Waals surface area contributed by atoms with Crippen LogP contribution in [0.5, 0.6) is 0 Å². The van der Waals surface area contributed by atoms with Gasteiger partial charge in [0.1, 0.15) is 12.6 Å². The fraction of sp³-hybridized carbons (Fsp3) is 0.423. The minimum atomic E-state index is -1.24. The van der Waals surface area contributed by atoms with Crippen LogP contribution in [0.4, 0.5) is 4.79 Å². The molecule has 0 aliphatic heterocycles. The van der Waals surface area contributed by atoms with Crippen LogP contribution in [0.15, 0.2) is 48.5 Å². The van der Waals surface area contributed by atoms with Crippen molar-refractivity contribution in [2.75, 3.05) is 40.1 Å². The molecule has 9 heteroatoms. The molecule has 0 saturated carbocycles. The van der Waals surface area contributed by atoms with E-state index in [0.717, 1.165) is 28.7 Å². The second-order valence-electron chi connectivity index (χ2n) is 8.22. The molecule has 0 spiro atoms. The van der Waals surface area contributed by atoms with E-state index in [1.165, 1.54) is 0 Å². The molecule has 0 aromatic heterocycles. The summed E-state index contributed by atoms with van der Waals surface area (Å²) < 4.78 is 15.7. The minimum Gasteiger partial charge on any atom is -0.481 e. The number of hydrogen-bond acceptors (Lipinski definition) is 6. The van der Waals surface area contributed by atoms with Crippen LogP contribution in [-0.2, 0) is 23.8 Å².